The van der Waals surface area contributed by atoms with Crippen LogP contribution in [0, 0.1) is 0 Å². The Hall–Kier alpha value is -0.560. The first-order valence-corrected chi connectivity index (χ1v) is 4.36. The molecule has 1 heteroatoms. The van der Waals surface area contributed by atoms with Crippen molar-refractivity contribution in [2.75, 3.05) is 6.54 Å². The van der Waals surface area contributed by atoms with Crippen molar-refractivity contribution in [2.24, 2.45) is 0 Å². The molecule has 0 aromatic rings. The highest BCUT2D eigenvalue weighted by molar-refractivity contribution is 5.12. The average Bonchev–Trinajstić information content (AvgIpc) is 2.06. The summed E-state index contributed by atoms with van der Waals surface area (Å²) in [5.41, 5.74) is 1.16. The van der Waals surface area contributed by atoms with Gasteiger partial charge in [0.05, 0.1) is 0 Å². The molecule has 0 amide bonds. The third kappa shape index (κ3) is 2.89. The van der Waals surface area contributed by atoms with E-state index in [-0.39, 0.29) is 0 Å². The molecule has 0 radical (unpaired) electrons. The maximum absolute atomic E-state index is 3.91. The highest BCUT2D eigenvalue weighted by atomic mass is 14.9. The summed E-state index contributed by atoms with van der Waals surface area (Å²) in [5, 5.41) is 3.48. The van der Waals surface area contributed by atoms with Gasteiger partial charge in [0.15, 0.2) is 0 Å². The van der Waals surface area contributed by atoms with Crippen LogP contribution in [-0.4, -0.2) is 12.6 Å². The standard InChI is InChI=1S/C10H17N/c1-3-9(2)8-10-6-4-5-7-11-10/h3,10-11H,1-2,4-8H2. The van der Waals surface area contributed by atoms with Gasteiger partial charge in [-0.15, -0.1) is 0 Å². The molecular weight excluding hydrogens is 134 g/mol. The summed E-state index contributed by atoms with van der Waals surface area (Å²) in [4.78, 5) is 0. The minimum Gasteiger partial charge on any atom is -0.314 e. The van der Waals surface area contributed by atoms with Crippen LogP contribution in [-0.2, 0) is 0 Å². The van der Waals surface area contributed by atoms with Crippen LogP contribution < -0.4 is 5.32 Å². The van der Waals surface area contributed by atoms with Crippen LogP contribution in [0.4, 0.5) is 0 Å². The summed E-state index contributed by atoms with van der Waals surface area (Å²) < 4.78 is 0. The fourth-order valence-electron chi connectivity index (χ4n) is 1.50. The van der Waals surface area contributed by atoms with Gasteiger partial charge in [-0.1, -0.05) is 31.2 Å². The number of nitrogens with one attached hydrogen (secondary N) is 1. The molecule has 1 atom stereocenters. The summed E-state index contributed by atoms with van der Waals surface area (Å²) in [5.74, 6) is 0. The number of hydrogen-bond acceptors (Lipinski definition) is 1. The van der Waals surface area contributed by atoms with E-state index in [2.05, 4.69) is 18.5 Å². The van der Waals surface area contributed by atoms with Gasteiger partial charge in [0.25, 0.3) is 0 Å². The molecule has 0 aliphatic carbocycles. The highest BCUT2D eigenvalue weighted by Crippen LogP contribution is 2.13. The second-order valence-electron chi connectivity index (χ2n) is 3.21. The molecule has 1 heterocycles. The average molecular weight is 151 g/mol. The second kappa shape index (κ2) is 4.35. The van der Waals surface area contributed by atoms with Gasteiger partial charge in [0, 0.05) is 6.04 Å². The van der Waals surface area contributed by atoms with E-state index in [4.69, 9.17) is 0 Å². The van der Waals surface area contributed by atoms with Crippen molar-refractivity contribution < 1.29 is 0 Å². The molecule has 1 saturated heterocycles. The molecule has 0 spiro atoms. The highest BCUT2D eigenvalue weighted by Gasteiger charge is 2.11. The smallest absolute Gasteiger partial charge is 0.0107 e. The van der Waals surface area contributed by atoms with Crippen molar-refractivity contribution in [1.82, 2.24) is 5.32 Å². The first-order chi connectivity index (χ1) is 5.33. The van der Waals surface area contributed by atoms with Crippen LogP contribution >= 0.6 is 0 Å². The molecule has 62 valence electrons. The third-order valence-corrected chi connectivity index (χ3v) is 2.21. The van der Waals surface area contributed by atoms with Gasteiger partial charge in [-0.3, -0.25) is 0 Å². The van der Waals surface area contributed by atoms with Crippen molar-refractivity contribution in [3.05, 3.63) is 24.8 Å². The molecule has 0 bridgehead atoms. The van der Waals surface area contributed by atoms with Crippen LogP contribution in [0.25, 0.3) is 0 Å². The van der Waals surface area contributed by atoms with E-state index >= 15 is 0 Å². The predicted octanol–water partition coefficient (Wildman–Crippen LogP) is 2.26. The fraction of sp³-hybridized carbons (Fsp3) is 0.600. The summed E-state index contributed by atoms with van der Waals surface area (Å²) in [6.45, 7) is 8.78. The largest absolute Gasteiger partial charge is 0.314 e. The predicted molar refractivity (Wildman–Crippen MR) is 49.6 cm³/mol. The number of piperidine rings is 1. The van der Waals surface area contributed by atoms with Crippen molar-refractivity contribution in [3.63, 3.8) is 0 Å². The van der Waals surface area contributed by atoms with Gasteiger partial charge in [-0.25, -0.2) is 0 Å². The van der Waals surface area contributed by atoms with Gasteiger partial charge in [-0.2, -0.15) is 0 Å². The Labute approximate surface area is 69.2 Å². The maximum Gasteiger partial charge on any atom is 0.0107 e. The molecule has 1 rings (SSSR count). The Bertz CT molecular complexity index is 143. The Kier molecular flexibility index (Phi) is 3.37. The van der Waals surface area contributed by atoms with Gasteiger partial charge in [0.1, 0.15) is 0 Å². The van der Waals surface area contributed by atoms with Crippen molar-refractivity contribution in [1.29, 1.82) is 0 Å². The van der Waals surface area contributed by atoms with Crippen molar-refractivity contribution in [3.8, 4) is 0 Å². The molecule has 11 heavy (non-hydrogen) atoms. The Morgan fingerprint density at radius 1 is 1.55 bits per heavy atom. The minimum absolute atomic E-state index is 0.661. The molecule has 1 N–H and O–H groups in total. The normalized spacial score (nSPS) is 24.5. The lowest BCUT2D eigenvalue weighted by atomic mass is 9.99. The monoisotopic (exact) mass is 151 g/mol. The number of rotatable bonds is 3. The van der Waals surface area contributed by atoms with Crippen molar-refractivity contribution >= 4 is 0 Å². The summed E-state index contributed by atoms with van der Waals surface area (Å²) >= 11 is 0. The van der Waals surface area contributed by atoms with E-state index in [0.29, 0.717) is 6.04 Å². The number of hydrogen-bond donors (Lipinski definition) is 1. The zero-order chi connectivity index (χ0) is 8.10. The van der Waals surface area contributed by atoms with E-state index in [1.54, 1.807) is 0 Å². The Morgan fingerprint density at radius 3 is 2.91 bits per heavy atom. The van der Waals surface area contributed by atoms with Crippen molar-refractivity contribution in [2.45, 2.75) is 31.7 Å². The lowest BCUT2D eigenvalue weighted by Crippen LogP contribution is -2.33. The van der Waals surface area contributed by atoms with Crippen LogP contribution in [0.2, 0.25) is 0 Å². The van der Waals surface area contributed by atoms with E-state index in [9.17, 15) is 0 Å². The Balaban J connectivity index is 2.24. The van der Waals surface area contributed by atoms with E-state index in [1.807, 2.05) is 6.08 Å². The summed E-state index contributed by atoms with van der Waals surface area (Å²) in [6.07, 6.45) is 6.92. The fourth-order valence-corrected chi connectivity index (χ4v) is 1.50. The van der Waals surface area contributed by atoms with Crippen LogP contribution in [0.5, 0.6) is 0 Å². The SMILES string of the molecule is C=CC(=C)CC1CCCCN1. The zero-order valence-electron chi connectivity index (χ0n) is 7.10. The molecule has 0 aromatic heterocycles. The minimum atomic E-state index is 0.661. The van der Waals surface area contributed by atoms with Gasteiger partial charge in [-0.05, 0) is 25.8 Å². The van der Waals surface area contributed by atoms with Gasteiger partial charge >= 0.3 is 0 Å². The molecular formula is C10H17N. The quantitative estimate of drug-likeness (QED) is 0.610. The van der Waals surface area contributed by atoms with E-state index in [1.165, 1.54) is 25.8 Å². The summed E-state index contributed by atoms with van der Waals surface area (Å²) in [7, 11) is 0. The molecule has 0 saturated carbocycles. The van der Waals surface area contributed by atoms with Crippen LogP contribution in [0.1, 0.15) is 25.7 Å². The van der Waals surface area contributed by atoms with Crippen LogP contribution in [0.15, 0.2) is 24.8 Å². The Morgan fingerprint density at radius 2 is 2.36 bits per heavy atom. The molecule has 1 nitrogen and oxygen atoms in total. The first-order valence-electron chi connectivity index (χ1n) is 4.36. The van der Waals surface area contributed by atoms with Crippen LogP contribution in [0.3, 0.4) is 0 Å². The van der Waals surface area contributed by atoms with Gasteiger partial charge in [0.2, 0.25) is 0 Å². The topological polar surface area (TPSA) is 12.0 Å². The van der Waals surface area contributed by atoms with Gasteiger partial charge < -0.3 is 5.32 Å². The molecule has 1 aliphatic heterocycles. The van der Waals surface area contributed by atoms with E-state index < -0.39 is 0 Å². The maximum atomic E-state index is 3.91. The second-order valence-corrected chi connectivity index (χ2v) is 3.21. The molecule has 1 unspecified atom stereocenters. The first kappa shape index (κ1) is 8.54. The number of allylic oxidation sites excluding steroid dienone is 1. The third-order valence-electron chi connectivity index (χ3n) is 2.21. The molecule has 0 aromatic carbocycles. The summed E-state index contributed by atoms with van der Waals surface area (Å²) in [6, 6.07) is 0.661. The van der Waals surface area contributed by atoms with E-state index in [0.717, 1.165) is 12.0 Å². The molecule has 1 fully saturated rings. The molecule has 1 aliphatic rings. The lowest BCUT2D eigenvalue weighted by molar-refractivity contribution is 0.400. The lowest BCUT2D eigenvalue weighted by Gasteiger charge is -2.23. The zero-order valence-corrected chi connectivity index (χ0v) is 7.10.